The molecule has 1 heterocycles. The second-order valence-corrected chi connectivity index (χ2v) is 4.21. The van der Waals surface area contributed by atoms with Gasteiger partial charge in [0.2, 0.25) is 11.8 Å². The number of carbonyl (C=O) groups is 2. The van der Waals surface area contributed by atoms with E-state index in [2.05, 4.69) is 19.2 Å². The van der Waals surface area contributed by atoms with E-state index in [0.717, 1.165) is 6.54 Å². The minimum atomic E-state index is -0.147. The molecule has 4 heteroatoms. The van der Waals surface area contributed by atoms with E-state index < -0.39 is 0 Å². The summed E-state index contributed by atoms with van der Waals surface area (Å²) in [5.41, 5.74) is 0. The molecule has 0 aromatic heterocycles. The monoisotopic (exact) mass is 198 g/mol. The Balaban J connectivity index is 2.51. The van der Waals surface area contributed by atoms with Crippen LogP contribution in [0.15, 0.2) is 0 Å². The summed E-state index contributed by atoms with van der Waals surface area (Å²) in [5, 5.41) is 2.58. The maximum absolute atomic E-state index is 11.5. The zero-order valence-electron chi connectivity index (χ0n) is 9.04. The van der Waals surface area contributed by atoms with E-state index in [-0.39, 0.29) is 17.7 Å². The fourth-order valence-electron chi connectivity index (χ4n) is 1.77. The van der Waals surface area contributed by atoms with Crippen molar-refractivity contribution < 1.29 is 9.59 Å². The van der Waals surface area contributed by atoms with Crippen molar-refractivity contribution in [2.75, 3.05) is 20.1 Å². The van der Waals surface area contributed by atoms with Crippen molar-refractivity contribution >= 4 is 11.8 Å². The van der Waals surface area contributed by atoms with Gasteiger partial charge in [-0.2, -0.15) is 0 Å². The Morgan fingerprint density at radius 1 is 1.64 bits per heavy atom. The molecule has 1 unspecified atom stereocenters. The zero-order valence-corrected chi connectivity index (χ0v) is 9.04. The van der Waals surface area contributed by atoms with Crippen LogP contribution in [-0.2, 0) is 9.59 Å². The van der Waals surface area contributed by atoms with Gasteiger partial charge in [0, 0.05) is 26.6 Å². The standard InChI is InChI=1S/C10H18N2O2/c1-7(2)5-12-6-8(4-9(12)13)10(14)11-3/h7-8H,4-6H2,1-3H3,(H,11,14). The molecule has 14 heavy (non-hydrogen) atoms. The van der Waals surface area contributed by atoms with Crippen molar-refractivity contribution in [1.82, 2.24) is 10.2 Å². The second-order valence-electron chi connectivity index (χ2n) is 4.21. The first kappa shape index (κ1) is 11.0. The molecule has 1 saturated heterocycles. The second kappa shape index (κ2) is 4.44. The SMILES string of the molecule is CNC(=O)C1CC(=O)N(CC(C)C)C1. The molecule has 80 valence electrons. The smallest absolute Gasteiger partial charge is 0.225 e. The van der Waals surface area contributed by atoms with Crippen LogP contribution >= 0.6 is 0 Å². The molecule has 0 bridgehead atoms. The Bertz CT molecular complexity index is 238. The first-order valence-corrected chi connectivity index (χ1v) is 5.04. The minimum absolute atomic E-state index is 0.0235. The van der Waals surface area contributed by atoms with E-state index in [1.54, 1.807) is 11.9 Å². The average molecular weight is 198 g/mol. The molecule has 0 saturated carbocycles. The average Bonchev–Trinajstić information content (AvgIpc) is 2.46. The zero-order chi connectivity index (χ0) is 10.7. The van der Waals surface area contributed by atoms with Gasteiger partial charge in [-0.15, -0.1) is 0 Å². The number of rotatable bonds is 3. The molecule has 1 atom stereocenters. The molecule has 4 nitrogen and oxygen atoms in total. The number of hydrogen-bond donors (Lipinski definition) is 1. The van der Waals surface area contributed by atoms with Gasteiger partial charge in [0.25, 0.3) is 0 Å². The van der Waals surface area contributed by atoms with Crippen molar-refractivity contribution in [3.63, 3.8) is 0 Å². The highest BCUT2D eigenvalue weighted by atomic mass is 16.2. The Kier molecular flexibility index (Phi) is 3.49. The lowest BCUT2D eigenvalue weighted by molar-refractivity contribution is -0.129. The fraction of sp³-hybridized carbons (Fsp3) is 0.800. The van der Waals surface area contributed by atoms with Crippen LogP contribution in [0, 0.1) is 11.8 Å². The van der Waals surface area contributed by atoms with E-state index in [0.29, 0.717) is 18.9 Å². The van der Waals surface area contributed by atoms with Crippen LogP contribution in [0.25, 0.3) is 0 Å². The van der Waals surface area contributed by atoms with E-state index in [4.69, 9.17) is 0 Å². The van der Waals surface area contributed by atoms with Crippen LogP contribution < -0.4 is 5.32 Å². The molecule has 1 aliphatic heterocycles. The largest absolute Gasteiger partial charge is 0.359 e. The van der Waals surface area contributed by atoms with Gasteiger partial charge in [0.05, 0.1) is 5.92 Å². The quantitative estimate of drug-likeness (QED) is 0.706. The van der Waals surface area contributed by atoms with Crippen molar-refractivity contribution in [3.05, 3.63) is 0 Å². The lowest BCUT2D eigenvalue weighted by Crippen LogP contribution is -2.32. The number of carbonyl (C=O) groups excluding carboxylic acids is 2. The predicted octanol–water partition coefficient (Wildman–Crippen LogP) is 0.237. The third kappa shape index (κ3) is 2.47. The summed E-state index contributed by atoms with van der Waals surface area (Å²) >= 11 is 0. The van der Waals surface area contributed by atoms with E-state index in [1.165, 1.54) is 0 Å². The summed E-state index contributed by atoms with van der Waals surface area (Å²) < 4.78 is 0. The molecular weight excluding hydrogens is 180 g/mol. The maximum Gasteiger partial charge on any atom is 0.225 e. The number of nitrogens with one attached hydrogen (secondary N) is 1. The van der Waals surface area contributed by atoms with E-state index in [1.807, 2.05) is 0 Å². The van der Waals surface area contributed by atoms with Crippen LogP contribution in [0.3, 0.4) is 0 Å². The van der Waals surface area contributed by atoms with E-state index >= 15 is 0 Å². The molecule has 1 fully saturated rings. The number of hydrogen-bond acceptors (Lipinski definition) is 2. The summed E-state index contributed by atoms with van der Waals surface area (Å²) in [7, 11) is 1.61. The fourth-order valence-corrected chi connectivity index (χ4v) is 1.77. The first-order valence-electron chi connectivity index (χ1n) is 5.04. The highest BCUT2D eigenvalue weighted by Gasteiger charge is 2.33. The molecule has 0 radical (unpaired) electrons. The predicted molar refractivity (Wildman–Crippen MR) is 53.6 cm³/mol. The van der Waals surface area contributed by atoms with Gasteiger partial charge in [-0.3, -0.25) is 9.59 Å². The maximum atomic E-state index is 11.5. The molecule has 1 rings (SSSR count). The first-order chi connectivity index (χ1) is 6.54. The molecule has 0 aromatic carbocycles. The highest BCUT2D eigenvalue weighted by molar-refractivity contribution is 5.89. The molecule has 1 N–H and O–H groups in total. The number of likely N-dealkylation sites (tertiary alicyclic amines) is 1. The summed E-state index contributed by atoms with van der Waals surface area (Å²) in [6.07, 6.45) is 0.367. The number of nitrogens with zero attached hydrogens (tertiary/aromatic N) is 1. The normalized spacial score (nSPS) is 21.9. The van der Waals surface area contributed by atoms with Crippen LogP contribution in [0.4, 0.5) is 0 Å². The molecule has 0 aliphatic carbocycles. The van der Waals surface area contributed by atoms with Crippen molar-refractivity contribution in [3.8, 4) is 0 Å². The molecule has 1 aliphatic rings. The molecule has 2 amide bonds. The number of amides is 2. The van der Waals surface area contributed by atoms with Crippen LogP contribution in [0.5, 0.6) is 0 Å². The van der Waals surface area contributed by atoms with Crippen LogP contribution in [-0.4, -0.2) is 36.9 Å². The van der Waals surface area contributed by atoms with Gasteiger partial charge >= 0.3 is 0 Å². The summed E-state index contributed by atoms with van der Waals surface area (Å²) in [6, 6.07) is 0. The van der Waals surface area contributed by atoms with Gasteiger partial charge < -0.3 is 10.2 Å². The Labute approximate surface area is 84.7 Å². The van der Waals surface area contributed by atoms with Crippen molar-refractivity contribution in [2.45, 2.75) is 20.3 Å². The van der Waals surface area contributed by atoms with Gasteiger partial charge in [-0.25, -0.2) is 0 Å². The summed E-state index contributed by atoms with van der Waals surface area (Å²) in [5.74, 6) is 0.394. The Morgan fingerprint density at radius 2 is 2.29 bits per heavy atom. The van der Waals surface area contributed by atoms with Gasteiger partial charge in [-0.1, -0.05) is 13.8 Å². The van der Waals surface area contributed by atoms with Gasteiger partial charge in [0.15, 0.2) is 0 Å². The van der Waals surface area contributed by atoms with Crippen LogP contribution in [0.2, 0.25) is 0 Å². The summed E-state index contributed by atoms with van der Waals surface area (Å²) in [6.45, 7) is 5.48. The topological polar surface area (TPSA) is 49.4 Å². The van der Waals surface area contributed by atoms with Crippen LogP contribution in [0.1, 0.15) is 20.3 Å². The summed E-state index contributed by atoms with van der Waals surface area (Å²) in [4.78, 5) is 24.6. The molecule has 0 aromatic rings. The highest BCUT2D eigenvalue weighted by Crippen LogP contribution is 2.18. The molecular formula is C10H18N2O2. The Hall–Kier alpha value is -1.06. The molecule has 0 spiro atoms. The van der Waals surface area contributed by atoms with Gasteiger partial charge in [-0.05, 0) is 5.92 Å². The Morgan fingerprint density at radius 3 is 2.79 bits per heavy atom. The van der Waals surface area contributed by atoms with Crippen molar-refractivity contribution in [2.24, 2.45) is 11.8 Å². The third-order valence-electron chi connectivity index (χ3n) is 2.42. The lowest BCUT2D eigenvalue weighted by Gasteiger charge is -2.18. The van der Waals surface area contributed by atoms with E-state index in [9.17, 15) is 9.59 Å². The minimum Gasteiger partial charge on any atom is -0.359 e. The third-order valence-corrected chi connectivity index (χ3v) is 2.42. The lowest BCUT2D eigenvalue weighted by atomic mass is 10.1. The van der Waals surface area contributed by atoms with Crippen molar-refractivity contribution in [1.29, 1.82) is 0 Å². The van der Waals surface area contributed by atoms with Gasteiger partial charge in [0.1, 0.15) is 0 Å².